The van der Waals surface area contributed by atoms with Crippen molar-refractivity contribution < 1.29 is 9.59 Å². The maximum absolute atomic E-state index is 12.1. The van der Waals surface area contributed by atoms with Crippen molar-refractivity contribution >= 4 is 34.8 Å². The molecular weight excluding hydrogens is 302 g/mol. The number of anilines is 2. The average Bonchev–Trinajstić information content (AvgIpc) is 2.49. The van der Waals surface area contributed by atoms with Gasteiger partial charge in [-0.15, -0.1) is 0 Å². The third kappa shape index (κ3) is 4.23. The number of amides is 2. The van der Waals surface area contributed by atoms with Gasteiger partial charge in [-0.2, -0.15) is 0 Å². The number of carbonyl (C=O) groups excluding carboxylic acids is 2. The third-order valence-corrected chi connectivity index (χ3v) is 3.29. The molecule has 0 aliphatic carbocycles. The van der Waals surface area contributed by atoms with Gasteiger partial charge in [-0.3, -0.25) is 9.59 Å². The number of nitrogens with one attached hydrogen (secondary N) is 2. The van der Waals surface area contributed by atoms with E-state index in [-0.39, 0.29) is 5.91 Å². The number of primary amides is 1. The van der Waals surface area contributed by atoms with Gasteiger partial charge in [-0.1, -0.05) is 17.7 Å². The van der Waals surface area contributed by atoms with Crippen molar-refractivity contribution in [2.45, 2.75) is 13.0 Å². The smallest absolute Gasteiger partial charge is 0.248 e. The normalized spacial score (nSPS) is 11.5. The molecule has 0 aliphatic rings. The van der Waals surface area contributed by atoms with Gasteiger partial charge in [0.1, 0.15) is 6.04 Å². The first kappa shape index (κ1) is 15.9. The number of halogens is 1. The number of nitrogens with two attached hydrogens (primary N) is 1. The minimum absolute atomic E-state index is 0.202. The Bertz CT molecular complexity index is 686. The molecule has 6 heteroatoms. The zero-order chi connectivity index (χ0) is 16.1. The second kappa shape index (κ2) is 6.95. The molecule has 1 atom stereocenters. The molecule has 0 saturated carbocycles. The van der Waals surface area contributed by atoms with E-state index in [1.807, 2.05) is 0 Å². The first-order valence-corrected chi connectivity index (χ1v) is 7.06. The van der Waals surface area contributed by atoms with Gasteiger partial charge < -0.3 is 16.4 Å². The van der Waals surface area contributed by atoms with Crippen molar-refractivity contribution in [3.05, 3.63) is 59.1 Å². The Kier molecular flexibility index (Phi) is 5.01. The van der Waals surface area contributed by atoms with Crippen molar-refractivity contribution in [2.24, 2.45) is 5.73 Å². The molecule has 114 valence electrons. The van der Waals surface area contributed by atoms with Crippen molar-refractivity contribution in [3.63, 3.8) is 0 Å². The molecule has 4 N–H and O–H groups in total. The summed E-state index contributed by atoms with van der Waals surface area (Å²) < 4.78 is 0. The van der Waals surface area contributed by atoms with E-state index in [1.54, 1.807) is 55.5 Å². The monoisotopic (exact) mass is 317 g/mol. The van der Waals surface area contributed by atoms with Crippen molar-refractivity contribution in [1.29, 1.82) is 0 Å². The Labute approximate surface area is 133 Å². The van der Waals surface area contributed by atoms with Crippen LogP contribution >= 0.6 is 11.6 Å². The fourth-order valence-corrected chi connectivity index (χ4v) is 1.99. The summed E-state index contributed by atoms with van der Waals surface area (Å²) in [7, 11) is 0. The van der Waals surface area contributed by atoms with E-state index in [4.69, 9.17) is 17.3 Å². The molecular formula is C16H16ClN3O2. The first-order chi connectivity index (χ1) is 10.5. The Hall–Kier alpha value is -2.53. The standard InChI is InChI=1S/C16H16ClN3O2/c1-10(16(22)20-13-7-5-12(17)6-8-13)19-14-4-2-3-11(9-14)15(18)21/h2-10,19H,1H3,(H2,18,21)(H,20,22). The second-order valence-electron chi connectivity index (χ2n) is 4.81. The molecule has 0 saturated heterocycles. The van der Waals surface area contributed by atoms with Crippen LogP contribution in [-0.2, 0) is 4.79 Å². The molecule has 0 bridgehead atoms. The molecule has 0 spiro atoms. The van der Waals surface area contributed by atoms with Crippen LogP contribution in [0.4, 0.5) is 11.4 Å². The van der Waals surface area contributed by atoms with Crippen molar-refractivity contribution in [1.82, 2.24) is 0 Å². The Morgan fingerprint density at radius 1 is 1.09 bits per heavy atom. The van der Waals surface area contributed by atoms with E-state index in [1.165, 1.54) is 0 Å². The average molecular weight is 318 g/mol. The Balaban J connectivity index is 2.00. The molecule has 2 amide bonds. The lowest BCUT2D eigenvalue weighted by Crippen LogP contribution is -2.31. The van der Waals surface area contributed by atoms with E-state index in [0.29, 0.717) is 22.0 Å². The van der Waals surface area contributed by atoms with E-state index < -0.39 is 11.9 Å². The zero-order valence-electron chi connectivity index (χ0n) is 12.0. The number of hydrogen-bond donors (Lipinski definition) is 3. The van der Waals surface area contributed by atoms with Crippen LogP contribution in [0.1, 0.15) is 17.3 Å². The highest BCUT2D eigenvalue weighted by atomic mass is 35.5. The molecule has 5 nitrogen and oxygen atoms in total. The number of hydrogen-bond acceptors (Lipinski definition) is 3. The molecule has 0 aromatic heterocycles. The highest BCUT2D eigenvalue weighted by Crippen LogP contribution is 2.15. The van der Waals surface area contributed by atoms with Crippen LogP contribution in [-0.4, -0.2) is 17.9 Å². The topological polar surface area (TPSA) is 84.2 Å². The summed E-state index contributed by atoms with van der Waals surface area (Å²) in [6.07, 6.45) is 0. The van der Waals surface area contributed by atoms with Gasteiger partial charge in [-0.05, 0) is 49.4 Å². The van der Waals surface area contributed by atoms with Gasteiger partial charge in [0.2, 0.25) is 11.8 Å². The molecule has 1 unspecified atom stereocenters. The summed E-state index contributed by atoms with van der Waals surface area (Å²) in [5.41, 5.74) is 6.92. The van der Waals surface area contributed by atoms with E-state index in [0.717, 1.165) is 0 Å². The van der Waals surface area contributed by atoms with E-state index in [2.05, 4.69) is 10.6 Å². The van der Waals surface area contributed by atoms with Gasteiger partial charge >= 0.3 is 0 Å². The molecule has 0 fully saturated rings. The second-order valence-corrected chi connectivity index (χ2v) is 5.24. The number of benzene rings is 2. The van der Waals surface area contributed by atoms with Gasteiger partial charge in [0.05, 0.1) is 0 Å². The fraction of sp³-hybridized carbons (Fsp3) is 0.125. The largest absolute Gasteiger partial charge is 0.374 e. The predicted octanol–water partition coefficient (Wildman–Crippen LogP) is 2.88. The lowest BCUT2D eigenvalue weighted by Gasteiger charge is -2.15. The van der Waals surface area contributed by atoms with Crippen molar-refractivity contribution in [2.75, 3.05) is 10.6 Å². The molecule has 2 rings (SSSR count). The van der Waals surface area contributed by atoms with Crippen LogP contribution in [0, 0.1) is 0 Å². The molecule has 0 aliphatic heterocycles. The van der Waals surface area contributed by atoms with Crippen LogP contribution in [0.5, 0.6) is 0 Å². The fourth-order valence-electron chi connectivity index (χ4n) is 1.86. The SMILES string of the molecule is CC(Nc1cccc(C(N)=O)c1)C(=O)Nc1ccc(Cl)cc1. The molecule has 2 aromatic rings. The quantitative estimate of drug-likeness (QED) is 0.792. The Morgan fingerprint density at radius 2 is 1.77 bits per heavy atom. The Morgan fingerprint density at radius 3 is 2.41 bits per heavy atom. The van der Waals surface area contributed by atoms with Crippen LogP contribution in [0.3, 0.4) is 0 Å². The van der Waals surface area contributed by atoms with Crippen LogP contribution in [0.15, 0.2) is 48.5 Å². The minimum atomic E-state index is -0.512. The van der Waals surface area contributed by atoms with Crippen LogP contribution < -0.4 is 16.4 Å². The summed E-state index contributed by atoms with van der Waals surface area (Å²) in [6, 6.07) is 13.0. The predicted molar refractivity (Wildman–Crippen MR) is 88.1 cm³/mol. The van der Waals surface area contributed by atoms with Crippen molar-refractivity contribution in [3.8, 4) is 0 Å². The van der Waals surface area contributed by atoms with Crippen LogP contribution in [0.25, 0.3) is 0 Å². The maximum Gasteiger partial charge on any atom is 0.248 e. The summed E-state index contributed by atoms with van der Waals surface area (Å²) in [4.78, 5) is 23.3. The number of rotatable bonds is 5. The molecule has 22 heavy (non-hydrogen) atoms. The molecule has 2 aromatic carbocycles. The molecule has 0 radical (unpaired) electrons. The molecule has 0 heterocycles. The van der Waals surface area contributed by atoms with Gasteiger partial charge in [0.15, 0.2) is 0 Å². The van der Waals surface area contributed by atoms with Crippen LogP contribution in [0.2, 0.25) is 5.02 Å². The summed E-state index contributed by atoms with van der Waals surface area (Å²) in [5, 5.41) is 6.40. The van der Waals surface area contributed by atoms with E-state index >= 15 is 0 Å². The summed E-state index contributed by atoms with van der Waals surface area (Å²) >= 11 is 5.80. The lowest BCUT2D eigenvalue weighted by molar-refractivity contribution is -0.116. The highest BCUT2D eigenvalue weighted by molar-refractivity contribution is 6.30. The summed E-state index contributed by atoms with van der Waals surface area (Å²) in [6.45, 7) is 1.72. The number of carbonyl (C=O) groups is 2. The summed E-state index contributed by atoms with van der Waals surface area (Å²) in [5.74, 6) is -0.714. The van der Waals surface area contributed by atoms with Gasteiger partial charge in [-0.25, -0.2) is 0 Å². The third-order valence-electron chi connectivity index (χ3n) is 3.04. The minimum Gasteiger partial charge on any atom is -0.374 e. The first-order valence-electron chi connectivity index (χ1n) is 6.68. The van der Waals surface area contributed by atoms with Gasteiger partial charge in [0.25, 0.3) is 0 Å². The highest BCUT2D eigenvalue weighted by Gasteiger charge is 2.13. The maximum atomic E-state index is 12.1. The zero-order valence-corrected chi connectivity index (χ0v) is 12.7. The lowest BCUT2D eigenvalue weighted by atomic mass is 10.1. The van der Waals surface area contributed by atoms with Gasteiger partial charge in [0, 0.05) is 22.0 Å². The van der Waals surface area contributed by atoms with E-state index in [9.17, 15) is 9.59 Å².